The summed E-state index contributed by atoms with van der Waals surface area (Å²) in [5, 5.41) is 8.03. The predicted molar refractivity (Wildman–Crippen MR) is 112 cm³/mol. The molecule has 3 heterocycles. The minimum Gasteiger partial charge on any atom is -0.489 e. The van der Waals surface area contributed by atoms with Crippen LogP contribution in [0.15, 0.2) is 18.3 Å². The number of carbonyl (C=O) groups is 1. The minimum atomic E-state index is 0.224. The normalized spacial score (nSPS) is 23.2. The molecule has 2 aliphatic carbocycles. The zero-order valence-electron chi connectivity index (χ0n) is 17.0. The zero-order valence-corrected chi connectivity index (χ0v) is 17.0. The van der Waals surface area contributed by atoms with Crippen molar-refractivity contribution in [2.24, 2.45) is 5.92 Å². The highest BCUT2D eigenvalue weighted by atomic mass is 16.5. The number of hydrogen-bond acceptors (Lipinski definition) is 4. The van der Waals surface area contributed by atoms with Crippen LogP contribution in [0, 0.1) is 5.92 Å². The lowest BCUT2D eigenvalue weighted by molar-refractivity contribution is -0.120. The fourth-order valence-electron chi connectivity index (χ4n) is 4.89. The van der Waals surface area contributed by atoms with Crippen molar-refractivity contribution in [3.8, 4) is 16.9 Å². The van der Waals surface area contributed by atoms with E-state index in [4.69, 9.17) is 4.74 Å². The van der Waals surface area contributed by atoms with E-state index in [-0.39, 0.29) is 12.0 Å². The van der Waals surface area contributed by atoms with Gasteiger partial charge in [0.05, 0.1) is 24.5 Å². The Morgan fingerprint density at radius 3 is 2.79 bits per heavy atom. The first-order valence-electron chi connectivity index (χ1n) is 11.2. The van der Waals surface area contributed by atoms with Crippen LogP contribution in [-0.4, -0.2) is 34.4 Å². The summed E-state index contributed by atoms with van der Waals surface area (Å²) in [6.07, 6.45) is 9.74. The quantitative estimate of drug-likeness (QED) is 0.855. The molecule has 6 heteroatoms. The number of fused-ring (bicyclic) bond motifs is 2. The van der Waals surface area contributed by atoms with Crippen molar-refractivity contribution in [3.05, 3.63) is 23.9 Å². The smallest absolute Gasteiger partial charge is 0.230 e. The fourth-order valence-corrected chi connectivity index (χ4v) is 4.89. The Morgan fingerprint density at radius 2 is 2.03 bits per heavy atom. The van der Waals surface area contributed by atoms with E-state index in [1.54, 1.807) is 0 Å². The molecule has 0 unspecified atom stereocenters. The number of anilines is 2. The minimum absolute atomic E-state index is 0.224. The highest BCUT2D eigenvalue weighted by molar-refractivity contribution is 5.99. The molecule has 6 nitrogen and oxygen atoms in total. The van der Waals surface area contributed by atoms with Gasteiger partial charge in [-0.1, -0.05) is 0 Å². The topological polar surface area (TPSA) is 59.4 Å². The van der Waals surface area contributed by atoms with Gasteiger partial charge in [-0.15, -0.1) is 0 Å². The van der Waals surface area contributed by atoms with Crippen molar-refractivity contribution in [1.29, 1.82) is 0 Å². The van der Waals surface area contributed by atoms with Crippen LogP contribution in [0.1, 0.15) is 51.0 Å². The monoisotopic (exact) mass is 392 g/mol. The average molecular weight is 393 g/mol. The van der Waals surface area contributed by atoms with Crippen molar-refractivity contribution >= 4 is 17.4 Å². The maximum atomic E-state index is 13.1. The molecule has 1 aromatic heterocycles. The van der Waals surface area contributed by atoms with Crippen molar-refractivity contribution in [3.63, 3.8) is 0 Å². The summed E-state index contributed by atoms with van der Waals surface area (Å²) in [7, 11) is 0. The molecule has 1 atom stereocenters. The second-order valence-corrected chi connectivity index (χ2v) is 9.04. The van der Waals surface area contributed by atoms with Crippen LogP contribution >= 0.6 is 0 Å². The summed E-state index contributed by atoms with van der Waals surface area (Å²) < 4.78 is 8.63. The molecular formula is C23H28N4O2. The molecule has 6 rings (SSSR count). The Kier molecular flexibility index (Phi) is 3.90. The third kappa shape index (κ3) is 2.75. The first kappa shape index (κ1) is 17.4. The summed E-state index contributed by atoms with van der Waals surface area (Å²) in [4.78, 5) is 15.1. The summed E-state index contributed by atoms with van der Waals surface area (Å²) in [6.45, 7) is 4.00. The molecule has 2 aliphatic heterocycles. The fraction of sp³-hybridized carbons (Fsp3) is 0.565. The maximum absolute atomic E-state index is 13.1. The Balaban J connectivity index is 1.48. The van der Waals surface area contributed by atoms with Crippen molar-refractivity contribution in [1.82, 2.24) is 9.78 Å². The number of nitrogens with zero attached hydrogens (tertiary/aromatic N) is 3. The average Bonchev–Trinajstić information content (AvgIpc) is 3.30. The van der Waals surface area contributed by atoms with E-state index in [0.717, 1.165) is 80.0 Å². The first-order chi connectivity index (χ1) is 14.2. The van der Waals surface area contributed by atoms with Gasteiger partial charge in [0.2, 0.25) is 5.91 Å². The number of hydrogen-bond donors (Lipinski definition) is 1. The van der Waals surface area contributed by atoms with Crippen LogP contribution in [-0.2, 0) is 17.8 Å². The molecule has 0 saturated heterocycles. The summed E-state index contributed by atoms with van der Waals surface area (Å²) >= 11 is 0. The van der Waals surface area contributed by atoms with Crippen molar-refractivity contribution in [2.45, 2.75) is 70.6 Å². The molecule has 2 aromatic rings. The summed E-state index contributed by atoms with van der Waals surface area (Å²) in [5.74, 6) is 2.59. The lowest BCUT2D eigenvalue weighted by Gasteiger charge is -2.38. The Labute approximate surface area is 171 Å². The number of rotatable bonds is 4. The second-order valence-electron chi connectivity index (χ2n) is 9.04. The van der Waals surface area contributed by atoms with Gasteiger partial charge in [0.1, 0.15) is 11.6 Å². The molecule has 2 fully saturated rings. The predicted octanol–water partition coefficient (Wildman–Crippen LogP) is 3.98. The van der Waals surface area contributed by atoms with E-state index >= 15 is 0 Å². The Hall–Kier alpha value is -2.50. The van der Waals surface area contributed by atoms with Crippen LogP contribution in [0.2, 0.25) is 0 Å². The lowest BCUT2D eigenvalue weighted by Crippen LogP contribution is -2.43. The van der Waals surface area contributed by atoms with Gasteiger partial charge < -0.3 is 15.0 Å². The van der Waals surface area contributed by atoms with Gasteiger partial charge in [0.15, 0.2) is 0 Å². The van der Waals surface area contributed by atoms with Crippen LogP contribution in [0.4, 0.5) is 11.5 Å². The zero-order chi connectivity index (χ0) is 19.5. The third-order valence-electron chi connectivity index (χ3n) is 6.99. The molecule has 0 radical (unpaired) electrons. The van der Waals surface area contributed by atoms with Gasteiger partial charge in [-0.05, 0) is 64.0 Å². The van der Waals surface area contributed by atoms with E-state index in [1.165, 1.54) is 12.0 Å². The number of aromatic nitrogens is 2. The van der Waals surface area contributed by atoms with Crippen LogP contribution in [0.25, 0.3) is 11.1 Å². The van der Waals surface area contributed by atoms with Gasteiger partial charge in [0, 0.05) is 35.2 Å². The molecule has 0 bridgehead atoms. The molecule has 29 heavy (non-hydrogen) atoms. The van der Waals surface area contributed by atoms with Crippen LogP contribution in [0.5, 0.6) is 5.75 Å². The number of nitrogens with one attached hydrogen (secondary N) is 1. The number of carbonyl (C=O) groups excluding carboxylic acids is 1. The molecule has 0 spiro atoms. The molecule has 1 aromatic carbocycles. The van der Waals surface area contributed by atoms with Gasteiger partial charge >= 0.3 is 0 Å². The van der Waals surface area contributed by atoms with E-state index in [1.807, 2.05) is 10.9 Å². The molecule has 152 valence electrons. The summed E-state index contributed by atoms with van der Waals surface area (Å²) in [5.41, 5.74) is 4.49. The van der Waals surface area contributed by atoms with Crippen LogP contribution < -0.4 is 15.0 Å². The van der Waals surface area contributed by atoms with Crippen molar-refractivity contribution < 1.29 is 9.53 Å². The van der Waals surface area contributed by atoms with Gasteiger partial charge in [-0.3, -0.25) is 4.79 Å². The maximum Gasteiger partial charge on any atom is 0.230 e. The number of ether oxygens (including phenoxy) is 1. The summed E-state index contributed by atoms with van der Waals surface area (Å²) in [6, 6.07) is 4.54. The van der Waals surface area contributed by atoms with E-state index < -0.39 is 0 Å². The van der Waals surface area contributed by atoms with E-state index in [9.17, 15) is 4.79 Å². The molecule has 4 aliphatic rings. The Bertz CT molecular complexity index is 973. The first-order valence-corrected chi connectivity index (χ1v) is 11.2. The van der Waals surface area contributed by atoms with E-state index in [0.29, 0.717) is 12.0 Å². The molecule has 2 saturated carbocycles. The highest BCUT2D eigenvalue weighted by Crippen LogP contribution is 2.47. The number of amides is 1. The molecule has 1 amide bonds. The van der Waals surface area contributed by atoms with Crippen LogP contribution in [0.3, 0.4) is 0 Å². The lowest BCUT2D eigenvalue weighted by atomic mass is 9.90. The highest BCUT2D eigenvalue weighted by Gasteiger charge is 2.39. The van der Waals surface area contributed by atoms with E-state index in [2.05, 4.69) is 34.4 Å². The van der Waals surface area contributed by atoms with Gasteiger partial charge in [-0.2, -0.15) is 5.10 Å². The molecule has 1 N–H and O–H groups in total. The van der Waals surface area contributed by atoms with Gasteiger partial charge in [-0.25, -0.2) is 4.68 Å². The van der Waals surface area contributed by atoms with Gasteiger partial charge in [0.25, 0.3) is 0 Å². The molecular weight excluding hydrogens is 364 g/mol. The largest absolute Gasteiger partial charge is 0.489 e. The SMILES string of the molecule is C[C@H]1CCc2c(ccc(-c3cnn4c3NCC4)c2OC2CCC2)N1C(=O)C1CC1. The standard InChI is InChI=1S/C23H28N4O2/c1-14-5-8-18-20(27(14)23(28)15-6-7-15)10-9-17(21(18)29-16-3-2-4-16)19-13-25-26-12-11-24-22(19)26/h9-10,13-16,24H,2-8,11-12H2,1H3/t14-/m0/s1. The number of benzene rings is 1. The third-order valence-corrected chi connectivity index (χ3v) is 6.99. The second kappa shape index (κ2) is 6.51. The van der Waals surface area contributed by atoms with Crippen molar-refractivity contribution in [2.75, 3.05) is 16.8 Å². The Morgan fingerprint density at radius 1 is 1.17 bits per heavy atom.